The average Bonchev–Trinajstić information content (AvgIpc) is 3.69. The van der Waals surface area contributed by atoms with E-state index in [1.54, 1.807) is 86.3 Å². The van der Waals surface area contributed by atoms with Crippen LogP contribution in [0.5, 0.6) is 0 Å². The molecule has 0 unspecified atom stereocenters. The minimum Gasteiger partial charge on any atom is -0.461 e. The van der Waals surface area contributed by atoms with Gasteiger partial charge in [0.2, 0.25) is 5.60 Å². The van der Waals surface area contributed by atoms with Crippen LogP contribution in [0.4, 0.5) is 0 Å². The molecule has 0 spiro atoms. The topological polar surface area (TPSA) is 196 Å². The molecule has 12 atom stereocenters. The molecule has 6 rings (SSSR count). The quantitative estimate of drug-likeness (QED) is 0.197. The summed E-state index contributed by atoms with van der Waals surface area (Å²) >= 11 is 1.56. The average molecular weight is 847 g/mol. The van der Waals surface area contributed by atoms with E-state index in [1.165, 1.54) is 0 Å². The van der Waals surface area contributed by atoms with Crippen molar-refractivity contribution in [1.29, 1.82) is 0 Å². The summed E-state index contributed by atoms with van der Waals surface area (Å²) in [5.41, 5.74) is -1.88. The van der Waals surface area contributed by atoms with Gasteiger partial charge in [-0.05, 0) is 50.8 Å². The van der Waals surface area contributed by atoms with Crippen molar-refractivity contribution in [3.05, 3.63) is 71.8 Å². The summed E-state index contributed by atoms with van der Waals surface area (Å²) in [7, 11) is 0. The fourth-order valence-electron chi connectivity index (χ4n) is 7.35. The van der Waals surface area contributed by atoms with Crippen LogP contribution in [0.1, 0.15) is 69.2 Å². The normalized spacial score (nSPS) is 33.6. The summed E-state index contributed by atoms with van der Waals surface area (Å²) in [6, 6.07) is 16.3. The standard InChI is InChI=1S/C41H50O17S/c1-8-59-39-33-31(57-40(6,7)58-33)29(22(2)50-39)54-37-32(53-36(46)27-17-13-10-14-18-27)30(28(19-47-37)52-35(45)26-15-11-9-12-16-26)55-38-34(51-24(4)43)41(21-49-38,56-25(5)44)20-48-23(3)42/h9-18,22,28-34,37-39H,8,19-21H2,1-7H3/t22-,28+,29-,30-,31+,32+,33+,34-,37-,38-,39-,41+/m0/s1. The van der Waals surface area contributed by atoms with E-state index in [9.17, 15) is 24.0 Å². The predicted octanol–water partition coefficient (Wildman–Crippen LogP) is 3.74. The Morgan fingerprint density at radius 1 is 0.729 bits per heavy atom. The summed E-state index contributed by atoms with van der Waals surface area (Å²) in [6.07, 6.45) is -11.5. The molecule has 2 aromatic carbocycles. The number of thioether (sulfide) groups is 1. The third-order valence-electron chi connectivity index (χ3n) is 9.80. The fraction of sp³-hybridized carbons (Fsp3) is 0.585. The molecule has 17 nitrogen and oxygen atoms in total. The van der Waals surface area contributed by atoms with Crippen molar-refractivity contribution in [3.8, 4) is 0 Å². The highest BCUT2D eigenvalue weighted by atomic mass is 32.2. The molecule has 0 amide bonds. The zero-order chi connectivity index (χ0) is 42.5. The van der Waals surface area contributed by atoms with Gasteiger partial charge >= 0.3 is 29.8 Å². The second-order valence-electron chi connectivity index (χ2n) is 14.8. The molecule has 4 heterocycles. The van der Waals surface area contributed by atoms with Crippen LogP contribution in [0.3, 0.4) is 0 Å². The van der Waals surface area contributed by atoms with Gasteiger partial charge in [0.05, 0.1) is 30.4 Å². The molecular weight excluding hydrogens is 797 g/mol. The van der Waals surface area contributed by atoms with Crippen molar-refractivity contribution < 1.29 is 80.8 Å². The van der Waals surface area contributed by atoms with E-state index < -0.39 is 116 Å². The minimum absolute atomic E-state index is 0.168. The number of benzene rings is 2. The van der Waals surface area contributed by atoms with Gasteiger partial charge in [0.25, 0.3) is 0 Å². The van der Waals surface area contributed by atoms with Gasteiger partial charge in [-0.25, -0.2) is 9.59 Å². The Kier molecular flexibility index (Phi) is 14.3. The molecule has 0 saturated carbocycles. The number of carbonyl (C=O) groups is 5. The summed E-state index contributed by atoms with van der Waals surface area (Å²) in [5.74, 6) is -4.14. The van der Waals surface area contributed by atoms with Gasteiger partial charge in [-0.2, -0.15) is 0 Å². The first-order valence-electron chi connectivity index (χ1n) is 19.3. The van der Waals surface area contributed by atoms with Gasteiger partial charge in [0.1, 0.15) is 36.5 Å². The van der Waals surface area contributed by atoms with Crippen molar-refractivity contribution in [2.45, 2.75) is 127 Å². The monoisotopic (exact) mass is 846 g/mol. The van der Waals surface area contributed by atoms with Crippen molar-refractivity contribution in [3.63, 3.8) is 0 Å². The predicted molar refractivity (Wildman–Crippen MR) is 203 cm³/mol. The molecule has 4 fully saturated rings. The molecule has 4 aliphatic heterocycles. The highest BCUT2D eigenvalue weighted by molar-refractivity contribution is 7.99. The van der Waals surface area contributed by atoms with Gasteiger partial charge < -0.3 is 56.8 Å². The van der Waals surface area contributed by atoms with Crippen LogP contribution >= 0.6 is 11.8 Å². The largest absolute Gasteiger partial charge is 0.461 e. The summed E-state index contributed by atoms with van der Waals surface area (Å²) in [5, 5.41) is 0. The van der Waals surface area contributed by atoms with E-state index in [-0.39, 0.29) is 23.2 Å². The Morgan fingerprint density at radius 3 is 1.93 bits per heavy atom. The maximum absolute atomic E-state index is 13.9. The summed E-state index contributed by atoms with van der Waals surface area (Å²) in [4.78, 5) is 64.6. The molecule has 0 radical (unpaired) electrons. The lowest BCUT2D eigenvalue weighted by Crippen LogP contribution is -2.63. The smallest absolute Gasteiger partial charge is 0.338 e. The van der Waals surface area contributed by atoms with Crippen molar-refractivity contribution in [1.82, 2.24) is 0 Å². The molecular formula is C41H50O17S. The molecule has 4 saturated heterocycles. The maximum Gasteiger partial charge on any atom is 0.338 e. The first kappa shape index (κ1) is 44.4. The minimum atomic E-state index is -1.87. The number of ether oxygens (including phenoxy) is 12. The SMILES string of the molecule is CCS[C@@H]1O[C@@H](C)[C@H](O[C@@H]2OC[C@@H](OC(=O)c3ccccc3)[C@H](O[C@@H]3OC[C@@](COC(C)=O)(OC(C)=O)[C@H]3OC(C)=O)[C@H]2OC(=O)c2ccccc2)[C@H]2OC(C)(C)O[C@H]21. The summed E-state index contributed by atoms with van der Waals surface area (Å²) in [6.45, 7) is 9.41. The second kappa shape index (κ2) is 19.1. The molecule has 59 heavy (non-hydrogen) atoms. The highest BCUT2D eigenvalue weighted by Crippen LogP contribution is 2.43. The number of carbonyl (C=O) groups excluding carboxylic acids is 5. The fourth-order valence-corrected chi connectivity index (χ4v) is 8.33. The van der Waals surface area contributed by atoms with Gasteiger partial charge in [0.15, 0.2) is 36.7 Å². The van der Waals surface area contributed by atoms with Crippen LogP contribution in [-0.4, -0.2) is 134 Å². The van der Waals surface area contributed by atoms with Crippen molar-refractivity contribution in [2.24, 2.45) is 0 Å². The Balaban J connectivity index is 1.39. The molecule has 0 N–H and O–H groups in total. The molecule has 0 aromatic heterocycles. The first-order chi connectivity index (χ1) is 28.1. The van der Waals surface area contributed by atoms with E-state index in [4.69, 9.17) is 56.8 Å². The van der Waals surface area contributed by atoms with E-state index in [0.29, 0.717) is 0 Å². The van der Waals surface area contributed by atoms with Crippen molar-refractivity contribution >= 4 is 41.6 Å². The zero-order valence-electron chi connectivity index (χ0n) is 33.8. The van der Waals surface area contributed by atoms with Crippen LogP contribution in [0, 0.1) is 0 Å². The molecule has 322 valence electrons. The third kappa shape index (κ3) is 10.6. The highest BCUT2D eigenvalue weighted by Gasteiger charge is 2.61. The Bertz CT molecular complexity index is 1790. The maximum atomic E-state index is 13.9. The van der Waals surface area contributed by atoms with Gasteiger partial charge in [-0.3, -0.25) is 14.4 Å². The van der Waals surface area contributed by atoms with Crippen LogP contribution in [0.2, 0.25) is 0 Å². The third-order valence-corrected chi connectivity index (χ3v) is 10.8. The molecule has 0 aliphatic carbocycles. The number of esters is 5. The summed E-state index contributed by atoms with van der Waals surface area (Å²) < 4.78 is 73.4. The van der Waals surface area contributed by atoms with E-state index in [2.05, 4.69) is 0 Å². The van der Waals surface area contributed by atoms with Crippen molar-refractivity contribution in [2.75, 3.05) is 25.6 Å². The lowest BCUT2D eigenvalue weighted by atomic mass is 9.98. The number of hydrogen-bond acceptors (Lipinski definition) is 18. The number of rotatable bonds is 14. The molecule has 0 bridgehead atoms. The van der Waals surface area contributed by atoms with Crippen LogP contribution in [-0.2, 0) is 71.2 Å². The van der Waals surface area contributed by atoms with Gasteiger partial charge in [0, 0.05) is 20.8 Å². The van der Waals surface area contributed by atoms with Crippen LogP contribution < -0.4 is 0 Å². The Morgan fingerprint density at radius 2 is 1.34 bits per heavy atom. The lowest BCUT2D eigenvalue weighted by Gasteiger charge is -2.46. The van der Waals surface area contributed by atoms with Crippen LogP contribution in [0.15, 0.2) is 60.7 Å². The Hall–Kier alpha value is -4.14. The van der Waals surface area contributed by atoms with E-state index >= 15 is 0 Å². The molecule has 18 heteroatoms. The molecule has 2 aromatic rings. The number of hydrogen-bond donors (Lipinski definition) is 0. The van der Waals surface area contributed by atoms with E-state index in [0.717, 1.165) is 26.5 Å². The van der Waals surface area contributed by atoms with Crippen LogP contribution in [0.25, 0.3) is 0 Å². The molecule has 4 aliphatic rings. The second-order valence-corrected chi connectivity index (χ2v) is 16.2. The zero-order valence-corrected chi connectivity index (χ0v) is 34.6. The first-order valence-corrected chi connectivity index (χ1v) is 20.3. The lowest BCUT2D eigenvalue weighted by molar-refractivity contribution is -0.328. The van der Waals surface area contributed by atoms with E-state index in [1.807, 2.05) is 13.8 Å². The van der Waals surface area contributed by atoms with Gasteiger partial charge in [-0.15, -0.1) is 11.8 Å². The Labute approximate surface area is 345 Å². The number of fused-ring (bicyclic) bond motifs is 1. The van der Waals surface area contributed by atoms with Gasteiger partial charge in [-0.1, -0.05) is 43.3 Å².